The summed E-state index contributed by atoms with van der Waals surface area (Å²) in [5, 5.41) is 8.90. The number of hydrogen-bond donors (Lipinski definition) is 1. The van der Waals surface area contributed by atoms with Gasteiger partial charge in [0.25, 0.3) is 0 Å². The van der Waals surface area contributed by atoms with Crippen molar-refractivity contribution in [2.45, 2.75) is 18.9 Å². The molecule has 0 saturated carbocycles. The lowest BCUT2D eigenvalue weighted by Crippen LogP contribution is -2.48. The molecule has 2 unspecified atom stereocenters. The van der Waals surface area contributed by atoms with Crippen LogP contribution in [0.3, 0.4) is 0 Å². The Balaban J connectivity index is 1.95. The summed E-state index contributed by atoms with van der Waals surface area (Å²) >= 11 is 1.96. The van der Waals surface area contributed by atoms with Crippen LogP contribution < -0.4 is 0 Å². The fraction of sp³-hybridized carbons (Fsp3) is 0.889. The van der Waals surface area contributed by atoms with Crippen LogP contribution in [0.4, 0.5) is 0 Å². The second-order valence-corrected chi connectivity index (χ2v) is 4.97. The highest BCUT2D eigenvalue weighted by atomic mass is 32.2. The van der Waals surface area contributed by atoms with E-state index in [-0.39, 0.29) is 5.92 Å². The predicted octanol–water partition coefficient (Wildman–Crippen LogP) is 0.898. The standard InChI is InChI=1S/C9H15NO2S/c11-9(12)7-1-2-10-3-4-13-6-8(10)5-7/h7-8H,1-6H2,(H,11,12). The molecule has 0 aromatic carbocycles. The maximum atomic E-state index is 10.8. The van der Waals surface area contributed by atoms with Gasteiger partial charge in [0.15, 0.2) is 0 Å². The third kappa shape index (κ3) is 1.99. The molecule has 2 fully saturated rings. The minimum atomic E-state index is -0.602. The van der Waals surface area contributed by atoms with Gasteiger partial charge in [-0.1, -0.05) is 0 Å². The van der Waals surface area contributed by atoms with E-state index in [0.717, 1.165) is 31.7 Å². The predicted molar refractivity (Wildman–Crippen MR) is 53.0 cm³/mol. The number of carbonyl (C=O) groups is 1. The second kappa shape index (κ2) is 3.88. The van der Waals surface area contributed by atoms with E-state index in [1.807, 2.05) is 11.8 Å². The number of aliphatic carboxylic acids is 1. The molecule has 2 heterocycles. The molecule has 3 nitrogen and oxygen atoms in total. The van der Waals surface area contributed by atoms with Crippen LogP contribution in [0.2, 0.25) is 0 Å². The quantitative estimate of drug-likeness (QED) is 0.684. The highest BCUT2D eigenvalue weighted by Crippen LogP contribution is 2.28. The van der Waals surface area contributed by atoms with E-state index in [4.69, 9.17) is 5.11 Å². The normalized spacial score (nSPS) is 35.4. The zero-order valence-corrected chi connectivity index (χ0v) is 8.42. The Bertz CT molecular complexity index is 210. The molecule has 2 saturated heterocycles. The summed E-state index contributed by atoms with van der Waals surface area (Å²) in [6.07, 6.45) is 1.71. The van der Waals surface area contributed by atoms with E-state index in [9.17, 15) is 4.79 Å². The van der Waals surface area contributed by atoms with Crippen LogP contribution in [-0.2, 0) is 4.79 Å². The van der Waals surface area contributed by atoms with Gasteiger partial charge < -0.3 is 5.11 Å². The van der Waals surface area contributed by atoms with Crippen LogP contribution in [0.5, 0.6) is 0 Å². The van der Waals surface area contributed by atoms with Crippen molar-refractivity contribution < 1.29 is 9.90 Å². The first-order chi connectivity index (χ1) is 6.27. The summed E-state index contributed by atoms with van der Waals surface area (Å²) in [6.45, 7) is 2.14. The van der Waals surface area contributed by atoms with Crippen LogP contribution in [0, 0.1) is 5.92 Å². The number of piperidine rings is 1. The van der Waals surface area contributed by atoms with Crippen molar-refractivity contribution >= 4 is 17.7 Å². The Kier molecular flexibility index (Phi) is 2.79. The fourth-order valence-corrected chi connectivity index (χ4v) is 3.34. The number of rotatable bonds is 1. The monoisotopic (exact) mass is 201 g/mol. The molecule has 0 aromatic rings. The van der Waals surface area contributed by atoms with Gasteiger partial charge in [-0.15, -0.1) is 0 Å². The minimum Gasteiger partial charge on any atom is -0.481 e. The third-order valence-electron chi connectivity index (χ3n) is 3.02. The molecule has 1 N–H and O–H groups in total. The van der Waals surface area contributed by atoms with E-state index >= 15 is 0 Å². The average Bonchev–Trinajstić information content (AvgIpc) is 2.17. The van der Waals surface area contributed by atoms with Gasteiger partial charge in [-0.3, -0.25) is 9.69 Å². The highest BCUT2D eigenvalue weighted by Gasteiger charge is 2.33. The molecule has 0 radical (unpaired) electrons. The summed E-state index contributed by atoms with van der Waals surface area (Å²) in [4.78, 5) is 13.3. The first-order valence-electron chi connectivity index (χ1n) is 4.82. The number of fused-ring (bicyclic) bond motifs is 1. The summed E-state index contributed by atoms with van der Waals surface area (Å²) < 4.78 is 0. The Hall–Kier alpha value is -0.220. The van der Waals surface area contributed by atoms with Crippen molar-refractivity contribution in [2.75, 3.05) is 24.6 Å². The molecule has 0 bridgehead atoms. The average molecular weight is 201 g/mol. The SMILES string of the molecule is O=C(O)C1CCN2CCSCC2C1. The lowest BCUT2D eigenvalue weighted by Gasteiger charge is -2.40. The molecule has 0 spiro atoms. The smallest absolute Gasteiger partial charge is 0.306 e. The number of carboxylic acids is 1. The molecule has 4 heteroatoms. The first kappa shape index (κ1) is 9.34. The molecule has 2 aliphatic heterocycles. The Morgan fingerprint density at radius 3 is 3.08 bits per heavy atom. The molecule has 2 atom stereocenters. The lowest BCUT2D eigenvalue weighted by atomic mass is 9.91. The Morgan fingerprint density at radius 1 is 1.46 bits per heavy atom. The molecular weight excluding hydrogens is 186 g/mol. The van der Waals surface area contributed by atoms with Crippen molar-refractivity contribution in [3.63, 3.8) is 0 Å². The molecule has 0 aromatic heterocycles. The number of thioether (sulfide) groups is 1. The zero-order valence-electron chi connectivity index (χ0n) is 7.61. The van der Waals surface area contributed by atoms with E-state index in [0.29, 0.717) is 6.04 Å². The molecule has 2 aliphatic rings. The van der Waals surface area contributed by atoms with Gasteiger partial charge in [0.1, 0.15) is 0 Å². The van der Waals surface area contributed by atoms with Crippen molar-refractivity contribution in [2.24, 2.45) is 5.92 Å². The lowest BCUT2D eigenvalue weighted by molar-refractivity contribution is -0.144. The zero-order chi connectivity index (χ0) is 9.26. The van der Waals surface area contributed by atoms with Crippen molar-refractivity contribution in [3.8, 4) is 0 Å². The Labute approximate surface area is 82.5 Å². The van der Waals surface area contributed by atoms with Gasteiger partial charge >= 0.3 is 5.97 Å². The van der Waals surface area contributed by atoms with Crippen LogP contribution in [0.25, 0.3) is 0 Å². The van der Waals surface area contributed by atoms with Crippen LogP contribution in [0.1, 0.15) is 12.8 Å². The molecular formula is C9H15NO2S. The third-order valence-corrected chi connectivity index (χ3v) is 4.11. The molecule has 0 amide bonds. The van der Waals surface area contributed by atoms with E-state index in [1.165, 1.54) is 5.75 Å². The van der Waals surface area contributed by atoms with E-state index in [1.54, 1.807) is 0 Å². The van der Waals surface area contributed by atoms with Gasteiger partial charge in [0.05, 0.1) is 5.92 Å². The van der Waals surface area contributed by atoms with Crippen LogP contribution in [-0.4, -0.2) is 46.6 Å². The van der Waals surface area contributed by atoms with Gasteiger partial charge in [-0.05, 0) is 19.4 Å². The van der Waals surface area contributed by atoms with Gasteiger partial charge in [-0.25, -0.2) is 0 Å². The number of nitrogens with zero attached hydrogens (tertiary/aromatic N) is 1. The first-order valence-corrected chi connectivity index (χ1v) is 5.97. The van der Waals surface area contributed by atoms with Crippen molar-refractivity contribution in [1.29, 1.82) is 0 Å². The summed E-state index contributed by atoms with van der Waals surface area (Å²) in [5.74, 6) is 1.66. The fourth-order valence-electron chi connectivity index (χ4n) is 2.19. The van der Waals surface area contributed by atoms with Gasteiger partial charge in [-0.2, -0.15) is 11.8 Å². The summed E-state index contributed by atoms with van der Waals surface area (Å²) in [6, 6.07) is 0.536. The van der Waals surface area contributed by atoms with Crippen molar-refractivity contribution in [3.05, 3.63) is 0 Å². The van der Waals surface area contributed by atoms with E-state index in [2.05, 4.69) is 4.90 Å². The minimum absolute atomic E-state index is 0.0834. The van der Waals surface area contributed by atoms with Gasteiger partial charge in [0, 0.05) is 24.1 Å². The molecule has 13 heavy (non-hydrogen) atoms. The molecule has 2 rings (SSSR count). The number of hydrogen-bond acceptors (Lipinski definition) is 3. The molecule has 0 aliphatic carbocycles. The van der Waals surface area contributed by atoms with Crippen molar-refractivity contribution in [1.82, 2.24) is 4.90 Å². The van der Waals surface area contributed by atoms with Gasteiger partial charge in [0.2, 0.25) is 0 Å². The largest absolute Gasteiger partial charge is 0.481 e. The summed E-state index contributed by atoms with van der Waals surface area (Å²) in [5.41, 5.74) is 0. The molecule has 74 valence electrons. The highest BCUT2D eigenvalue weighted by molar-refractivity contribution is 7.99. The van der Waals surface area contributed by atoms with E-state index < -0.39 is 5.97 Å². The number of carboxylic acid groups (broad SMARTS) is 1. The second-order valence-electron chi connectivity index (χ2n) is 3.82. The summed E-state index contributed by atoms with van der Waals surface area (Å²) in [7, 11) is 0. The van der Waals surface area contributed by atoms with Crippen LogP contribution >= 0.6 is 11.8 Å². The Morgan fingerprint density at radius 2 is 2.31 bits per heavy atom. The van der Waals surface area contributed by atoms with Crippen LogP contribution in [0.15, 0.2) is 0 Å². The maximum Gasteiger partial charge on any atom is 0.306 e. The maximum absolute atomic E-state index is 10.8. The topological polar surface area (TPSA) is 40.5 Å².